The molecule has 1 N–H and O–H groups in total. The van der Waals surface area contributed by atoms with Crippen LogP contribution in [0.15, 0.2) is 34.4 Å². The molecule has 0 atom stereocenters. The quantitative estimate of drug-likeness (QED) is 0.824. The summed E-state index contributed by atoms with van der Waals surface area (Å²) in [6.45, 7) is 4.33. The summed E-state index contributed by atoms with van der Waals surface area (Å²) in [6.07, 6.45) is 0. The summed E-state index contributed by atoms with van der Waals surface area (Å²) >= 11 is 10.4. The fourth-order valence-electron chi connectivity index (χ4n) is 1.64. The molecule has 0 radical (unpaired) electrons. The van der Waals surface area contributed by atoms with Crippen LogP contribution in [0.25, 0.3) is 11.0 Å². The number of carboxylic acid groups (broad SMARTS) is 1. The minimum atomic E-state index is -0.876. The van der Waals surface area contributed by atoms with E-state index in [1.807, 2.05) is 10.6 Å². The minimum absolute atomic E-state index is 0.0359. The maximum atomic E-state index is 10.7. The normalized spacial score (nSPS) is 10.8. The van der Waals surface area contributed by atoms with Crippen molar-refractivity contribution in [1.29, 1.82) is 0 Å². The molecule has 0 saturated carbocycles. The summed E-state index contributed by atoms with van der Waals surface area (Å²) in [6, 6.07) is 5.41. The lowest BCUT2D eigenvalue weighted by Crippen LogP contribution is -2.03. The van der Waals surface area contributed by atoms with Crippen molar-refractivity contribution in [3.05, 3.63) is 34.3 Å². The van der Waals surface area contributed by atoms with Crippen molar-refractivity contribution in [3.63, 3.8) is 0 Å². The van der Waals surface area contributed by atoms with E-state index in [1.165, 1.54) is 11.8 Å². The van der Waals surface area contributed by atoms with Gasteiger partial charge in [0.15, 0.2) is 5.16 Å². The Morgan fingerprint density at radius 2 is 2.32 bits per heavy atom. The highest BCUT2D eigenvalue weighted by atomic mass is 79.9. The summed E-state index contributed by atoms with van der Waals surface area (Å²) in [5.74, 6) is -0.912. The number of nitrogens with zero attached hydrogens (tertiary/aromatic N) is 2. The van der Waals surface area contributed by atoms with Crippen LogP contribution in [-0.2, 0) is 11.3 Å². The van der Waals surface area contributed by atoms with E-state index in [4.69, 9.17) is 16.7 Å². The first-order valence-corrected chi connectivity index (χ1v) is 7.46. The lowest BCUT2D eigenvalue weighted by molar-refractivity contribution is -0.133. The van der Waals surface area contributed by atoms with Gasteiger partial charge in [0.2, 0.25) is 0 Å². The molecule has 0 aliphatic heterocycles. The first kappa shape index (κ1) is 14.4. The number of thioether (sulfide) groups is 1. The molecule has 0 saturated heterocycles. The molecule has 0 amide bonds. The highest BCUT2D eigenvalue weighted by Crippen LogP contribution is 2.27. The molecule has 100 valence electrons. The van der Waals surface area contributed by atoms with Gasteiger partial charge in [-0.2, -0.15) is 0 Å². The van der Waals surface area contributed by atoms with Gasteiger partial charge >= 0.3 is 5.97 Å². The maximum absolute atomic E-state index is 10.7. The van der Waals surface area contributed by atoms with Gasteiger partial charge in [-0.3, -0.25) is 4.79 Å². The molecule has 0 aliphatic rings. The van der Waals surface area contributed by atoms with Crippen molar-refractivity contribution in [2.75, 3.05) is 5.75 Å². The van der Waals surface area contributed by atoms with Gasteiger partial charge in [0.25, 0.3) is 0 Å². The Labute approximate surface area is 127 Å². The van der Waals surface area contributed by atoms with E-state index in [0.717, 1.165) is 15.5 Å². The maximum Gasteiger partial charge on any atom is 0.313 e. The first-order valence-electron chi connectivity index (χ1n) is 5.31. The number of hydrogen-bond donors (Lipinski definition) is 1. The van der Waals surface area contributed by atoms with Gasteiger partial charge in [-0.25, -0.2) is 4.98 Å². The van der Waals surface area contributed by atoms with Crippen LogP contribution in [0, 0.1) is 0 Å². The van der Waals surface area contributed by atoms with Crippen LogP contribution in [-0.4, -0.2) is 26.4 Å². The molecular weight excluding hydrogens is 352 g/mol. The molecule has 0 fully saturated rings. The van der Waals surface area contributed by atoms with Gasteiger partial charge in [-0.05, 0) is 18.2 Å². The SMILES string of the molecule is C=C(Br)Cn1c(SCC(=O)O)nc2cc(Cl)ccc21. The molecule has 1 heterocycles. The minimum Gasteiger partial charge on any atom is -0.481 e. The first-order chi connectivity index (χ1) is 8.97. The van der Waals surface area contributed by atoms with Crippen molar-refractivity contribution < 1.29 is 9.90 Å². The van der Waals surface area contributed by atoms with Crippen molar-refractivity contribution in [3.8, 4) is 0 Å². The number of imidazole rings is 1. The molecule has 0 aliphatic carbocycles. The van der Waals surface area contributed by atoms with Gasteiger partial charge in [-0.1, -0.05) is 45.9 Å². The fraction of sp³-hybridized carbons (Fsp3) is 0.167. The zero-order valence-corrected chi connectivity index (χ0v) is 12.9. The number of aromatic nitrogens is 2. The van der Waals surface area contributed by atoms with Crippen molar-refractivity contribution in [1.82, 2.24) is 9.55 Å². The van der Waals surface area contributed by atoms with Gasteiger partial charge in [-0.15, -0.1) is 0 Å². The average Bonchev–Trinajstić information content (AvgIpc) is 2.63. The topological polar surface area (TPSA) is 55.1 Å². The highest BCUT2D eigenvalue weighted by Gasteiger charge is 2.13. The third-order valence-electron chi connectivity index (χ3n) is 2.33. The Bertz CT molecular complexity index is 656. The number of halogens is 2. The third kappa shape index (κ3) is 3.52. The Kier molecular flexibility index (Phi) is 4.54. The van der Waals surface area contributed by atoms with E-state index in [0.29, 0.717) is 16.7 Å². The number of hydrogen-bond acceptors (Lipinski definition) is 3. The van der Waals surface area contributed by atoms with E-state index in [-0.39, 0.29) is 5.75 Å². The molecule has 1 aromatic carbocycles. The number of carbonyl (C=O) groups is 1. The fourth-order valence-corrected chi connectivity index (χ4v) is 2.79. The number of aliphatic carboxylic acids is 1. The standard InChI is InChI=1S/C12H10BrClN2O2S/c1-7(13)5-16-10-3-2-8(14)4-9(10)15-12(16)19-6-11(17)18/h2-4H,1,5-6H2,(H,17,18). The predicted octanol–water partition coefficient (Wildman–Crippen LogP) is 3.78. The summed E-state index contributed by atoms with van der Waals surface area (Å²) in [7, 11) is 0. The van der Waals surface area contributed by atoms with Gasteiger partial charge < -0.3 is 9.67 Å². The Morgan fingerprint density at radius 1 is 1.58 bits per heavy atom. The van der Waals surface area contributed by atoms with Gasteiger partial charge in [0, 0.05) is 9.51 Å². The Morgan fingerprint density at radius 3 is 2.95 bits per heavy atom. The predicted molar refractivity (Wildman–Crippen MR) is 81.2 cm³/mol. The van der Waals surface area contributed by atoms with Crippen LogP contribution < -0.4 is 0 Å². The number of benzene rings is 1. The van der Waals surface area contributed by atoms with Crippen LogP contribution >= 0.6 is 39.3 Å². The van der Waals surface area contributed by atoms with Crippen LogP contribution in [0.1, 0.15) is 0 Å². The molecule has 2 rings (SSSR count). The summed E-state index contributed by atoms with van der Waals surface area (Å²) in [5, 5.41) is 10.0. The zero-order valence-electron chi connectivity index (χ0n) is 9.77. The highest BCUT2D eigenvalue weighted by molar-refractivity contribution is 9.11. The molecule has 7 heteroatoms. The number of rotatable bonds is 5. The van der Waals surface area contributed by atoms with Crippen molar-refractivity contribution in [2.24, 2.45) is 0 Å². The number of allylic oxidation sites excluding steroid dienone is 1. The second kappa shape index (κ2) is 5.98. The molecule has 4 nitrogen and oxygen atoms in total. The Balaban J connectivity index is 2.47. The largest absolute Gasteiger partial charge is 0.481 e. The van der Waals surface area contributed by atoms with E-state index < -0.39 is 5.97 Å². The zero-order chi connectivity index (χ0) is 14.0. The van der Waals surface area contributed by atoms with Crippen LogP contribution in [0.5, 0.6) is 0 Å². The van der Waals surface area contributed by atoms with E-state index in [2.05, 4.69) is 27.5 Å². The van der Waals surface area contributed by atoms with Crippen LogP contribution in [0.2, 0.25) is 5.02 Å². The number of carboxylic acids is 1. The Hall–Kier alpha value is -0.980. The molecule has 0 spiro atoms. The molecule has 1 aromatic heterocycles. The molecule has 2 aromatic rings. The molecule has 0 bridgehead atoms. The van der Waals surface area contributed by atoms with E-state index in [1.54, 1.807) is 12.1 Å². The summed E-state index contributed by atoms with van der Waals surface area (Å²) in [4.78, 5) is 15.1. The lowest BCUT2D eigenvalue weighted by atomic mass is 10.3. The van der Waals surface area contributed by atoms with Crippen molar-refractivity contribution in [2.45, 2.75) is 11.7 Å². The second-order valence-electron chi connectivity index (χ2n) is 3.81. The smallest absolute Gasteiger partial charge is 0.313 e. The van der Waals surface area contributed by atoms with Gasteiger partial charge in [0.05, 0.1) is 23.3 Å². The van der Waals surface area contributed by atoms with Crippen LogP contribution in [0.4, 0.5) is 0 Å². The van der Waals surface area contributed by atoms with Gasteiger partial charge in [0.1, 0.15) is 0 Å². The van der Waals surface area contributed by atoms with E-state index in [9.17, 15) is 4.79 Å². The monoisotopic (exact) mass is 360 g/mol. The number of fused-ring (bicyclic) bond motifs is 1. The second-order valence-corrected chi connectivity index (χ2v) is 6.31. The average molecular weight is 362 g/mol. The molecule has 19 heavy (non-hydrogen) atoms. The van der Waals surface area contributed by atoms with E-state index >= 15 is 0 Å². The molecular formula is C12H10BrClN2O2S. The third-order valence-corrected chi connectivity index (χ3v) is 3.78. The lowest BCUT2D eigenvalue weighted by Gasteiger charge is -2.06. The summed E-state index contributed by atoms with van der Waals surface area (Å²) < 4.78 is 2.70. The van der Waals surface area contributed by atoms with Crippen molar-refractivity contribution >= 4 is 56.3 Å². The molecule has 0 unspecified atom stereocenters. The summed E-state index contributed by atoms with van der Waals surface area (Å²) in [5.41, 5.74) is 1.65. The van der Waals surface area contributed by atoms with Crippen LogP contribution in [0.3, 0.4) is 0 Å².